The van der Waals surface area contributed by atoms with Gasteiger partial charge in [0.1, 0.15) is 5.75 Å². The van der Waals surface area contributed by atoms with Gasteiger partial charge >= 0.3 is 0 Å². The Bertz CT molecular complexity index is 421. The highest BCUT2D eigenvalue weighted by Gasteiger charge is 2.15. The fourth-order valence-corrected chi connectivity index (χ4v) is 1.85. The van der Waals surface area contributed by atoms with Gasteiger partial charge in [-0.3, -0.25) is 4.79 Å². The molecule has 1 aliphatic rings. The topological polar surface area (TPSA) is 62.4 Å². The van der Waals surface area contributed by atoms with Crippen LogP contribution in [-0.4, -0.2) is 32.7 Å². The van der Waals surface area contributed by atoms with Crippen molar-refractivity contribution in [2.24, 2.45) is 0 Å². The first-order valence-electron chi connectivity index (χ1n) is 6.25. The monoisotopic (exact) mass is 249 g/mol. The van der Waals surface area contributed by atoms with Crippen LogP contribution in [0.5, 0.6) is 5.75 Å². The van der Waals surface area contributed by atoms with Crippen LogP contribution in [0.3, 0.4) is 0 Å². The van der Waals surface area contributed by atoms with Gasteiger partial charge in [-0.25, -0.2) is 0 Å². The van der Waals surface area contributed by atoms with Gasteiger partial charge in [0.05, 0.1) is 5.69 Å². The lowest BCUT2D eigenvalue weighted by Crippen LogP contribution is -2.25. The molecule has 0 aromatic heterocycles. The molecule has 0 saturated carbocycles. The van der Waals surface area contributed by atoms with Crippen LogP contribution in [0.25, 0.3) is 0 Å². The van der Waals surface area contributed by atoms with E-state index in [9.17, 15) is 4.79 Å². The zero-order valence-corrected chi connectivity index (χ0v) is 10.6. The highest BCUT2D eigenvalue weighted by atomic mass is 16.5. The minimum absolute atomic E-state index is 0.101. The molecule has 2 rings (SSSR count). The zero-order chi connectivity index (χ0) is 12.8. The largest absolute Gasteiger partial charge is 0.482 e. The van der Waals surface area contributed by atoms with Gasteiger partial charge in [0.2, 0.25) is 0 Å². The SMILES string of the molecule is CNCCCCNc1ccc2c(c1)NC(=O)CO2. The standard InChI is InChI=1S/C13H19N3O2/c1-14-6-2-3-7-15-10-4-5-12-11(8-10)16-13(17)9-18-12/h4-5,8,14-15H,2-3,6-7,9H2,1H3,(H,16,17). The van der Waals surface area contributed by atoms with Gasteiger partial charge in [0.15, 0.2) is 6.61 Å². The number of hydrogen-bond acceptors (Lipinski definition) is 4. The molecular formula is C13H19N3O2. The zero-order valence-electron chi connectivity index (χ0n) is 10.6. The predicted molar refractivity (Wildman–Crippen MR) is 72.2 cm³/mol. The summed E-state index contributed by atoms with van der Waals surface area (Å²) in [6.45, 7) is 2.06. The summed E-state index contributed by atoms with van der Waals surface area (Å²) in [4.78, 5) is 11.2. The summed E-state index contributed by atoms with van der Waals surface area (Å²) >= 11 is 0. The molecule has 0 radical (unpaired) electrons. The van der Waals surface area contributed by atoms with Crippen LogP contribution in [0.2, 0.25) is 0 Å². The van der Waals surface area contributed by atoms with Crippen molar-refractivity contribution in [3.63, 3.8) is 0 Å². The number of carbonyl (C=O) groups excluding carboxylic acids is 1. The fraction of sp³-hybridized carbons (Fsp3) is 0.462. The van der Waals surface area contributed by atoms with Crippen LogP contribution in [0.4, 0.5) is 11.4 Å². The van der Waals surface area contributed by atoms with E-state index in [1.54, 1.807) is 0 Å². The Hall–Kier alpha value is -1.75. The van der Waals surface area contributed by atoms with Gasteiger partial charge in [-0.15, -0.1) is 0 Å². The summed E-state index contributed by atoms with van der Waals surface area (Å²) in [5, 5.41) is 9.25. The molecule has 0 unspecified atom stereocenters. The van der Waals surface area contributed by atoms with E-state index in [0.29, 0.717) is 0 Å². The molecule has 5 nitrogen and oxygen atoms in total. The summed E-state index contributed by atoms with van der Waals surface area (Å²) in [5.74, 6) is 0.629. The van der Waals surface area contributed by atoms with E-state index in [2.05, 4.69) is 16.0 Å². The number of rotatable bonds is 6. The minimum atomic E-state index is -0.103. The summed E-state index contributed by atoms with van der Waals surface area (Å²) in [5.41, 5.74) is 1.75. The van der Waals surface area contributed by atoms with E-state index in [1.807, 2.05) is 25.2 Å². The maximum Gasteiger partial charge on any atom is 0.262 e. The molecule has 98 valence electrons. The second kappa shape index (κ2) is 6.26. The number of unbranched alkanes of at least 4 members (excludes halogenated alkanes) is 1. The van der Waals surface area contributed by atoms with Crippen molar-refractivity contribution in [3.05, 3.63) is 18.2 Å². The summed E-state index contributed by atoms with van der Waals surface area (Å²) in [6, 6.07) is 5.75. The van der Waals surface area contributed by atoms with Crippen LogP contribution < -0.4 is 20.7 Å². The Morgan fingerprint density at radius 1 is 1.33 bits per heavy atom. The van der Waals surface area contributed by atoms with Gasteiger partial charge in [-0.2, -0.15) is 0 Å². The van der Waals surface area contributed by atoms with E-state index in [4.69, 9.17) is 4.74 Å². The Balaban J connectivity index is 1.86. The average molecular weight is 249 g/mol. The molecule has 5 heteroatoms. The van der Waals surface area contributed by atoms with Crippen LogP contribution in [0.1, 0.15) is 12.8 Å². The lowest BCUT2D eigenvalue weighted by atomic mass is 10.2. The summed E-state index contributed by atoms with van der Waals surface area (Å²) in [6.07, 6.45) is 2.26. The molecule has 18 heavy (non-hydrogen) atoms. The maximum atomic E-state index is 11.2. The average Bonchev–Trinajstić information content (AvgIpc) is 2.38. The maximum absolute atomic E-state index is 11.2. The smallest absolute Gasteiger partial charge is 0.262 e. The van der Waals surface area contributed by atoms with Crippen molar-refractivity contribution in [1.82, 2.24) is 5.32 Å². The van der Waals surface area contributed by atoms with Crippen molar-refractivity contribution in [1.29, 1.82) is 0 Å². The Morgan fingerprint density at radius 2 is 2.17 bits per heavy atom. The molecule has 1 aliphatic heterocycles. The van der Waals surface area contributed by atoms with Crippen LogP contribution in [0, 0.1) is 0 Å². The normalized spacial score (nSPS) is 13.5. The van der Waals surface area contributed by atoms with E-state index in [1.165, 1.54) is 0 Å². The number of fused-ring (bicyclic) bond motifs is 1. The molecule has 1 aromatic carbocycles. The van der Waals surface area contributed by atoms with E-state index in [-0.39, 0.29) is 12.5 Å². The molecule has 0 atom stereocenters. The number of amides is 1. The molecule has 0 aliphatic carbocycles. The Kier molecular flexibility index (Phi) is 4.41. The van der Waals surface area contributed by atoms with Crippen molar-refractivity contribution < 1.29 is 9.53 Å². The van der Waals surface area contributed by atoms with Gasteiger partial charge in [-0.05, 0) is 44.6 Å². The lowest BCUT2D eigenvalue weighted by Gasteiger charge is -2.18. The Morgan fingerprint density at radius 3 is 3.00 bits per heavy atom. The molecule has 3 N–H and O–H groups in total. The molecular weight excluding hydrogens is 230 g/mol. The fourth-order valence-electron chi connectivity index (χ4n) is 1.85. The van der Waals surface area contributed by atoms with Gasteiger partial charge in [0.25, 0.3) is 5.91 Å². The number of ether oxygens (including phenoxy) is 1. The highest BCUT2D eigenvalue weighted by Crippen LogP contribution is 2.30. The third-order valence-electron chi connectivity index (χ3n) is 2.80. The number of anilines is 2. The minimum Gasteiger partial charge on any atom is -0.482 e. The molecule has 1 aromatic rings. The van der Waals surface area contributed by atoms with E-state index in [0.717, 1.165) is 43.1 Å². The molecule has 1 heterocycles. The van der Waals surface area contributed by atoms with Crippen molar-refractivity contribution >= 4 is 17.3 Å². The number of hydrogen-bond donors (Lipinski definition) is 3. The number of nitrogens with one attached hydrogen (secondary N) is 3. The van der Waals surface area contributed by atoms with Crippen LogP contribution in [0.15, 0.2) is 18.2 Å². The van der Waals surface area contributed by atoms with Gasteiger partial charge < -0.3 is 20.7 Å². The molecule has 1 amide bonds. The second-order valence-electron chi connectivity index (χ2n) is 4.29. The number of carbonyl (C=O) groups is 1. The predicted octanol–water partition coefficient (Wildman–Crippen LogP) is 1.43. The lowest BCUT2D eigenvalue weighted by molar-refractivity contribution is -0.118. The van der Waals surface area contributed by atoms with Crippen molar-refractivity contribution in [2.45, 2.75) is 12.8 Å². The van der Waals surface area contributed by atoms with Crippen LogP contribution in [-0.2, 0) is 4.79 Å². The van der Waals surface area contributed by atoms with Gasteiger partial charge in [0, 0.05) is 12.2 Å². The summed E-state index contributed by atoms with van der Waals surface area (Å²) in [7, 11) is 1.96. The quantitative estimate of drug-likeness (QED) is 0.667. The Labute approximate surface area is 107 Å². The molecule has 0 spiro atoms. The molecule has 0 fully saturated rings. The van der Waals surface area contributed by atoms with E-state index < -0.39 is 0 Å². The third kappa shape index (κ3) is 3.37. The first-order valence-corrected chi connectivity index (χ1v) is 6.25. The number of benzene rings is 1. The third-order valence-corrected chi connectivity index (χ3v) is 2.80. The van der Waals surface area contributed by atoms with Gasteiger partial charge in [-0.1, -0.05) is 0 Å². The van der Waals surface area contributed by atoms with E-state index >= 15 is 0 Å². The van der Waals surface area contributed by atoms with Crippen molar-refractivity contribution in [2.75, 3.05) is 37.4 Å². The first-order chi connectivity index (χ1) is 8.79. The summed E-state index contributed by atoms with van der Waals surface area (Å²) < 4.78 is 5.30. The molecule has 0 bridgehead atoms. The second-order valence-corrected chi connectivity index (χ2v) is 4.29. The van der Waals surface area contributed by atoms with Crippen LogP contribution >= 0.6 is 0 Å². The van der Waals surface area contributed by atoms with Crippen molar-refractivity contribution in [3.8, 4) is 5.75 Å². The first kappa shape index (κ1) is 12.7. The highest BCUT2D eigenvalue weighted by molar-refractivity contribution is 5.95. The molecule has 0 saturated heterocycles.